The average Bonchev–Trinajstić information content (AvgIpc) is 2.54. The molecule has 3 N–H and O–H groups in total. The summed E-state index contributed by atoms with van der Waals surface area (Å²) in [6.45, 7) is 8.69. The lowest BCUT2D eigenvalue weighted by molar-refractivity contribution is 0.253. The van der Waals surface area contributed by atoms with E-state index in [2.05, 4.69) is 27.4 Å². The largest absolute Gasteiger partial charge is 0.396 e. The maximum absolute atomic E-state index is 11.4. The van der Waals surface area contributed by atoms with Gasteiger partial charge in [-0.05, 0) is 25.7 Å². The molecule has 1 atom stereocenters. The SMILES string of the molecule is CCCC(CCO)CN=C(NCC)NCCN1CCS(=O)(=O)CC1.I. The van der Waals surface area contributed by atoms with E-state index in [0.717, 1.165) is 44.9 Å². The minimum absolute atomic E-state index is 0. The number of aliphatic imine (C=N–C) groups is 1. The summed E-state index contributed by atoms with van der Waals surface area (Å²) in [5, 5.41) is 15.7. The standard InChI is InChI=1S/C16H34N4O3S.HI/c1-3-5-15(6-11-21)14-19-16(17-4-2)18-7-8-20-9-12-24(22,23)13-10-20;/h15,21H,3-14H2,1-2H3,(H2,17,18,19);1H. The Morgan fingerprint density at radius 2 is 1.88 bits per heavy atom. The van der Waals surface area contributed by atoms with Gasteiger partial charge in [-0.15, -0.1) is 24.0 Å². The zero-order valence-electron chi connectivity index (χ0n) is 15.5. The molecule has 1 fully saturated rings. The second-order valence-corrected chi connectivity index (χ2v) is 8.61. The van der Waals surface area contributed by atoms with Crippen LogP contribution in [0.5, 0.6) is 0 Å². The quantitative estimate of drug-likeness (QED) is 0.237. The maximum Gasteiger partial charge on any atom is 0.191 e. The zero-order chi connectivity index (χ0) is 17.8. The lowest BCUT2D eigenvalue weighted by atomic mass is 10.0. The molecule has 0 saturated carbocycles. The number of rotatable bonds is 10. The lowest BCUT2D eigenvalue weighted by Gasteiger charge is -2.26. The van der Waals surface area contributed by atoms with Crippen LogP contribution in [0.15, 0.2) is 4.99 Å². The Labute approximate surface area is 170 Å². The number of sulfone groups is 1. The van der Waals surface area contributed by atoms with Crippen molar-refractivity contribution in [1.82, 2.24) is 15.5 Å². The Kier molecular flexibility index (Phi) is 13.9. The highest BCUT2D eigenvalue weighted by Gasteiger charge is 2.20. The summed E-state index contributed by atoms with van der Waals surface area (Å²) in [6, 6.07) is 0. The summed E-state index contributed by atoms with van der Waals surface area (Å²) in [6.07, 6.45) is 2.97. The summed E-state index contributed by atoms with van der Waals surface area (Å²) in [5.41, 5.74) is 0. The third kappa shape index (κ3) is 11.2. The summed E-state index contributed by atoms with van der Waals surface area (Å²) in [7, 11) is -2.81. The number of aliphatic hydroxyl groups is 1. The van der Waals surface area contributed by atoms with Crippen LogP contribution in [0.25, 0.3) is 0 Å². The molecule has 25 heavy (non-hydrogen) atoms. The van der Waals surface area contributed by atoms with Crippen molar-refractivity contribution in [2.24, 2.45) is 10.9 Å². The number of nitrogens with one attached hydrogen (secondary N) is 2. The summed E-state index contributed by atoms with van der Waals surface area (Å²) in [4.78, 5) is 6.80. The molecular weight excluding hydrogens is 455 g/mol. The molecule has 0 aromatic carbocycles. The predicted molar refractivity (Wildman–Crippen MR) is 115 cm³/mol. The van der Waals surface area contributed by atoms with E-state index in [4.69, 9.17) is 5.11 Å². The van der Waals surface area contributed by atoms with E-state index < -0.39 is 9.84 Å². The van der Waals surface area contributed by atoms with Crippen molar-refractivity contribution < 1.29 is 13.5 Å². The van der Waals surface area contributed by atoms with Crippen LogP contribution in [0, 0.1) is 5.92 Å². The van der Waals surface area contributed by atoms with Crippen molar-refractivity contribution in [3.63, 3.8) is 0 Å². The molecule has 0 amide bonds. The Bertz CT molecular complexity index is 454. The van der Waals surface area contributed by atoms with Crippen molar-refractivity contribution in [3.05, 3.63) is 0 Å². The van der Waals surface area contributed by atoms with Gasteiger partial charge in [0, 0.05) is 45.9 Å². The molecule has 1 aliphatic rings. The number of guanidine groups is 1. The van der Waals surface area contributed by atoms with Crippen LogP contribution in [0.2, 0.25) is 0 Å². The van der Waals surface area contributed by atoms with Gasteiger partial charge in [0.15, 0.2) is 15.8 Å². The molecule has 0 radical (unpaired) electrons. The third-order valence-corrected chi connectivity index (χ3v) is 5.85. The van der Waals surface area contributed by atoms with Crippen molar-refractivity contribution in [3.8, 4) is 0 Å². The Morgan fingerprint density at radius 3 is 2.44 bits per heavy atom. The van der Waals surface area contributed by atoms with Crippen molar-refractivity contribution >= 4 is 39.8 Å². The van der Waals surface area contributed by atoms with E-state index in [1.54, 1.807) is 0 Å². The molecule has 1 saturated heterocycles. The molecule has 0 bridgehead atoms. The maximum atomic E-state index is 11.4. The van der Waals surface area contributed by atoms with E-state index >= 15 is 0 Å². The van der Waals surface area contributed by atoms with Gasteiger partial charge in [-0.2, -0.15) is 0 Å². The van der Waals surface area contributed by atoms with Gasteiger partial charge in [-0.25, -0.2) is 8.42 Å². The number of hydrogen-bond donors (Lipinski definition) is 3. The number of hydrogen-bond acceptors (Lipinski definition) is 5. The lowest BCUT2D eigenvalue weighted by Crippen LogP contribution is -2.46. The molecule has 7 nitrogen and oxygen atoms in total. The first-order valence-electron chi connectivity index (χ1n) is 9.06. The van der Waals surface area contributed by atoms with Crippen molar-refractivity contribution in [2.45, 2.75) is 33.1 Å². The fourth-order valence-electron chi connectivity index (χ4n) is 2.79. The Morgan fingerprint density at radius 1 is 1.20 bits per heavy atom. The molecule has 150 valence electrons. The van der Waals surface area contributed by atoms with Crippen LogP contribution < -0.4 is 10.6 Å². The van der Waals surface area contributed by atoms with Gasteiger partial charge in [-0.1, -0.05) is 13.3 Å². The minimum Gasteiger partial charge on any atom is -0.396 e. The van der Waals surface area contributed by atoms with Crippen LogP contribution in [0.4, 0.5) is 0 Å². The number of halogens is 1. The van der Waals surface area contributed by atoms with Crippen LogP contribution in [0.1, 0.15) is 33.1 Å². The predicted octanol–water partition coefficient (Wildman–Crippen LogP) is 0.689. The normalized spacial score (nSPS) is 19.1. The van der Waals surface area contributed by atoms with Crippen LogP contribution >= 0.6 is 24.0 Å². The third-order valence-electron chi connectivity index (χ3n) is 4.24. The smallest absolute Gasteiger partial charge is 0.191 e. The van der Waals surface area contributed by atoms with E-state index in [-0.39, 0.29) is 42.1 Å². The zero-order valence-corrected chi connectivity index (χ0v) is 18.7. The second kappa shape index (κ2) is 14.0. The molecule has 1 aliphatic heterocycles. The van der Waals surface area contributed by atoms with Gasteiger partial charge in [0.25, 0.3) is 0 Å². The minimum atomic E-state index is -2.81. The van der Waals surface area contributed by atoms with Gasteiger partial charge < -0.3 is 15.7 Å². The fraction of sp³-hybridized carbons (Fsp3) is 0.938. The first-order chi connectivity index (χ1) is 11.5. The molecule has 0 aromatic heterocycles. The van der Waals surface area contributed by atoms with E-state index in [9.17, 15) is 8.42 Å². The highest BCUT2D eigenvalue weighted by molar-refractivity contribution is 14.0. The summed E-state index contributed by atoms with van der Waals surface area (Å²) < 4.78 is 22.9. The first kappa shape index (κ1) is 24.9. The highest BCUT2D eigenvalue weighted by atomic mass is 127. The average molecular weight is 490 g/mol. The van der Waals surface area contributed by atoms with Gasteiger partial charge in [0.1, 0.15) is 0 Å². The molecular formula is C16H35IN4O3S. The van der Waals surface area contributed by atoms with Gasteiger partial charge in [0.05, 0.1) is 11.5 Å². The number of nitrogens with zero attached hydrogens (tertiary/aromatic N) is 2. The monoisotopic (exact) mass is 490 g/mol. The molecule has 1 unspecified atom stereocenters. The highest BCUT2D eigenvalue weighted by Crippen LogP contribution is 2.11. The molecule has 9 heteroatoms. The topological polar surface area (TPSA) is 94.0 Å². The van der Waals surface area contributed by atoms with Crippen LogP contribution in [-0.2, 0) is 9.84 Å². The molecule has 1 rings (SSSR count). The molecule has 0 spiro atoms. The number of aliphatic hydroxyl groups excluding tert-OH is 1. The van der Waals surface area contributed by atoms with Crippen LogP contribution in [0.3, 0.4) is 0 Å². The second-order valence-electron chi connectivity index (χ2n) is 6.31. The first-order valence-corrected chi connectivity index (χ1v) is 10.9. The molecule has 1 heterocycles. The van der Waals surface area contributed by atoms with Crippen molar-refractivity contribution in [1.29, 1.82) is 0 Å². The molecule has 0 aromatic rings. The van der Waals surface area contributed by atoms with E-state index in [0.29, 0.717) is 25.6 Å². The Balaban J connectivity index is 0.00000576. The van der Waals surface area contributed by atoms with Crippen molar-refractivity contribution in [2.75, 3.05) is 57.4 Å². The van der Waals surface area contributed by atoms with E-state index in [1.807, 2.05) is 6.92 Å². The van der Waals surface area contributed by atoms with Gasteiger partial charge in [-0.3, -0.25) is 9.89 Å². The van der Waals surface area contributed by atoms with Gasteiger partial charge >= 0.3 is 0 Å². The summed E-state index contributed by atoms with van der Waals surface area (Å²) in [5.74, 6) is 1.74. The van der Waals surface area contributed by atoms with Crippen LogP contribution in [-0.4, -0.2) is 81.8 Å². The summed E-state index contributed by atoms with van der Waals surface area (Å²) >= 11 is 0. The Hall–Kier alpha value is -0.130. The van der Waals surface area contributed by atoms with Gasteiger partial charge in [0.2, 0.25) is 0 Å². The molecule has 0 aliphatic carbocycles. The fourth-order valence-corrected chi connectivity index (χ4v) is 4.06. The van der Waals surface area contributed by atoms with E-state index in [1.165, 1.54) is 0 Å².